The van der Waals surface area contributed by atoms with Crippen LogP contribution in [0.5, 0.6) is 0 Å². The molecule has 0 bridgehead atoms. The summed E-state index contributed by atoms with van der Waals surface area (Å²) in [4.78, 5) is 5.03. The number of nitrogens with zero attached hydrogens (tertiary/aromatic N) is 2. The third-order valence-corrected chi connectivity index (χ3v) is 5.04. The molecule has 1 fully saturated rings. The van der Waals surface area contributed by atoms with Gasteiger partial charge in [-0.1, -0.05) is 37.8 Å². The fourth-order valence-corrected chi connectivity index (χ4v) is 3.87. The van der Waals surface area contributed by atoms with Gasteiger partial charge in [0.05, 0.1) is 11.0 Å². The highest BCUT2D eigenvalue weighted by molar-refractivity contribution is 5.76. The van der Waals surface area contributed by atoms with Crippen LogP contribution in [0.1, 0.15) is 64.2 Å². The largest absolute Gasteiger partial charge is 0.329 e. The second kappa shape index (κ2) is 5.80. The van der Waals surface area contributed by atoms with Gasteiger partial charge in [0, 0.05) is 18.0 Å². The molecule has 1 heterocycles. The van der Waals surface area contributed by atoms with E-state index in [1.54, 1.807) is 0 Å². The van der Waals surface area contributed by atoms with Gasteiger partial charge in [0.2, 0.25) is 0 Å². The van der Waals surface area contributed by atoms with Gasteiger partial charge < -0.3 is 10.3 Å². The second-order valence-electron chi connectivity index (χ2n) is 6.79. The Morgan fingerprint density at radius 3 is 2.43 bits per heavy atom. The SMILES string of the molecule is CC(C)n1c(C2(CN)CCCCCC2)nc2ccccc21. The highest BCUT2D eigenvalue weighted by Gasteiger charge is 2.36. The Morgan fingerprint density at radius 1 is 1.14 bits per heavy atom. The predicted octanol–water partition coefficient (Wildman–Crippen LogP) is 4.17. The first kappa shape index (κ1) is 14.6. The number of para-hydroxylation sites is 2. The molecule has 1 aliphatic carbocycles. The van der Waals surface area contributed by atoms with Crippen LogP contribution in [0, 0.1) is 0 Å². The van der Waals surface area contributed by atoms with E-state index < -0.39 is 0 Å². The first-order valence-electron chi connectivity index (χ1n) is 8.35. The van der Waals surface area contributed by atoms with Crippen LogP contribution in [0.25, 0.3) is 11.0 Å². The quantitative estimate of drug-likeness (QED) is 0.860. The molecule has 0 spiro atoms. The maximum Gasteiger partial charge on any atom is 0.117 e. The lowest BCUT2D eigenvalue weighted by Gasteiger charge is -2.32. The molecule has 0 amide bonds. The van der Waals surface area contributed by atoms with Gasteiger partial charge in [-0.05, 0) is 38.8 Å². The molecule has 1 aromatic heterocycles. The van der Waals surface area contributed by atoms with Crippen molar-refractivity contribution >= 4 is 11.0 Å². The summed E-state index contributed by atoms with van der Waals surface area (Å²) < 4.78 is 2.42. The molecule has 0 radical (unpaired) electrons. The normalized spacial score (nSPS) is 19.0. The van der Waals surface area contributed by atoms with Crippen LogP contribution in [-0.2, 0) is 5.41 Å². The van der Waals surface area contributed by atoms with Gasteiger partial charge in [-0.15, -0.1) is 0 Å². The summed E-state index contributed by atoms with van der Waals surface area (Å²) in [6.45, 7) is 5.21. The number of imidazole rings is 1. The van der Waals surface area contributed by atoms with Gasteiger partial charge in [0.15, 0.2) is 0 Å². The fraction of sp³-hybridized carbons (Fsp3) is 0.611. The van der Waals surface area contributed by atoms with Crippen molar-refractivity contribution in [3.63, 3.8) is 0 Å². The summed E-state index contributed by atoms with van der Waals surface area (Å²) in [6, 6.07) is 8.91. The Kier molecular flexibility index (Phi) is 4.03. The minimum atomic E-state index is 0.0692. The standard InChI is InChI=1S/C18H27N3/c1-14(2)21-16-10-6-5-9-15(16)20-17(21)18(13-19)11-7-3-4-8-12-18/h5-6,9-10,14H,3-4,7-8,11-13,19H2,1-2H3. The number of rotatable bonds is 3. The summed E-state index contributed by atoms with van der Waals surface area (Å²) in [7, 11) is 0. The van der Waals surface area contributed by atoms with Gasteiger partial charge >= 0.3 is 0 Å². The van der Waals surface area contributed by atoms with Gasteiger partial charge in [-0.3, -0.25) is 0 Å². The molecular formula is C18H27N3. The van der Waals surface area contributed by atoms with E-state index in [0.29, 0.717) is 12.6 Å². The topological polar surface area (TPSA) is 43.8 Å². The number of hydrogen-bond acceptors (Lipinski definition) is 2. The molecule has 3 nitrogen and oxygen atoms in total. The molecule has 3 heteroatoms. The van der Waals surface area contributed by atoms with Gasteiger partial charge in [0.1, 0.15) is 5.82 Å². The van der Waals surface area contributed by atoms with E-state index >= 15 is 0 Å². The van der Waals surface area contributed by atoms with E-state index in [0.717, 1.165) is 5.52 Å². The number of aromatic nitrogens is 2. The molecular weight excluding hydrogens is 258 g/mol. The van der Waals surface area contributed by atoms with Crippen molar-refractivity contribution < 1.29 is 0 Å². The molecule has 21 heavy (non-hydrogen) atoms. The Morgan fingerprint density at radius 2 is 1.81 bits per heavy atom. The average molecular weight is 285 g/mol. The molecule has 0 aliphatic heterocycles. The van der Waals surface area contributed by atoms with E-state index in [9.17, 15) is 0 Å². The third-order valence-electron chi connectivity index (χ3n) is 5.04. The summed E-state index contributed by atoms with van der Waals surface area (Å²) in [5.41, 5.74) is 8.71. The lowest BCUT2D eigenvalue weighted by Crippen LogP contribution is -2.38. The zero-order chi connectivity index (χ0) is 14.9. The summed E-state index contributed by atoms with van der Waals surface area (Å²) in [5, 5.41) is 0. The van der Waals surface area contributed by atoms with Crippen LogP contribution in [0.3, 0.4) is 0 Å². The smallest absolute Gasteiger partial charge is 0.117 e. The van der Waals surface area contributed by atoms with Gasteiger partial charge in [0.25, 0.3) is 0 Å². The minimum Gasteiger partial charge on any atom is -0.329 e. The summed E-state index contributed by atoms with van der Waals surface area (Å²) >= 11 is 0. The first-order valence-corrected chi connectivity index (χ1v) is 8.35. The molecule has 0 unspecified atom stereocenters. The highest BCUT2D eigenvalue weighted by Crippen LogP contribution is 2.39. The maximum absolute atomic E-state index is 6.28. The molecule has 3 rings (SSSR count). The lowest BCUT2D eigenvalue weighted by atomic mass is 9.79. The minimum absolute atomic E-state index is 0.0692. The van der Waals surface area contributed by atoms with E-state index in [4.69, 9.17) is 10.7 Å². The van der Waals surface area contributed by atoms with Crippen molar-refractivity contribution in [3.8, 4) is 0 Å². The van der Waals surface area contributed by atoms with Crippen LogP contribution < -0.4 is 5.73 Å². The van der Waals surface area contributed by atoms with Crippen LogP contribution in [-0.4, -0.2) is 16.1 Å². The fourth-order valence-electron chi connectivity index (χ4n) is 3.87. The predicted molar refractivity (Wildman–Crippen MR) is 88.6 cm³/mol. The van der Waals surface area contributed by atoms with Gasteiger partial charge in [-0.2, -0.15) is 0 Å². The number of nitrogens with two attached hydrogens (primary N) is 1. The van der Waals surface area contributed by atoms with Crippen molar-refractivity contribution in [2.45, 2.75) is 63.8 Å². The maximum atomic E-state index is 6.28. The Labute approximate surface area is 127 Å². The van der Waals surface area contributed by atoms with Crippen LogP contribution >= 0.6 is 0 Å². The molecule has 2 aromatic rings. The van der Waals surface area contributed by atoms with E-state index in [1.165, 1.54) is 49.9 Å². The van der Waals surface area contributed by atoms with Crippen molar-refractivity contribution in [1.29, 1.82) is 0 Å². The van der Waals surface area contributed by atoms with Crippen molar-refractivity contribution in [2.75, 3.05) is 6.54 Å². The molecule has 1 aliphatic rings. The van der Waals surface area contributed by atoms with E-state index in [-0.39, 0.29) is 5.41 Å². The van der Waals surface area contributed by atoms with Crippen molar-refractivity contribution in [3.05, 3.63) is 30.1 Å². The number of hydrogen-bond donors (Lipinski definition) is 1. The van der Waals surface area contributed by atoms with Crippen LogP contribution in [0.15, 0.2) is 24.3 Å². The highest BCUT2D eigenvalue weighted by atomic mass is 15.1. The Bertz CT molecular complexity index is 604. The molecule has 2 N–H and O–H groups in total. The zero-order valence-corrected chi connectivity index (χ0v) is 13.3. The third kappa shape index (κ3) is 2.48. The van der Waals surface area contributed by atoms with Crippen molar-refractivity contribution in [1.82, 2.24) is 9.55 Å². The lowest BCUT2D eigenvalue weighted by molar-refractivity contribution is 0.339. The van der Waals surface area contributed by atoms with Gasteiger partial charge in [-0.25, -0.2) is 4.98 Å². The first-order chi connectivity index (χ1) is 10.2. The summed E-state index contributed by atoms with van der Waals surface area (Å²) in [6.07, 6.45) is 7.59. The number of benzene rings is 1. The molecule has 0 atom stereocenters. The molecule has 1 saturated carbocycles. The van der Waals surface area contributed by atoms with Crippen LogP contribution in [0.2, 0.25) is 0 Å². The molecule has 0 saturated heterocycles. The average Bonchev–Trinajstić information content (AvgIpc) is 2.72. The zero-order valence-electron chi connectivity index (χ0n) is 13.3. The molecule has 1 aromatic carbocycles. The van der Waals surface area contributed by atoms with Crippen molar-refractivity contribution in [2.24, 2.45) is 5.73 Å². The molecule has 114 valence electrons. The Hall–Kier alpha value is -1.35. The summed E-state index contributed by atoms with van der Waals surface area (Å²) in [5.74, 6) is 1.23. The number of fused-ring (bicyclic) bond motifs is 1. The Balaban J connectivity index is 2.19. The second-order valence-corrected chi connectivity index (χ2v) is 6.79. The van der Waals surface area contributed by atoms with E-state index in [2.05, 4.69) is 42.7 Å². The van der Waals surface area contributed by atoms with Crippen LogP contribution in [0.4, 0.5) is 0 Å². The van der Waals surface area contributed by atoms with E-state index in [1.807, 2.05) is 0 Å². The monoisotopic (exact) mass is 285 g/mol.